The number of nitrogen functional groups attached to an aromatic ring is 1. The van der Waals surface area contributed by atoms with Crippen LogP contribution in [0.1, 0.15) is 21.5 Å². The quantitative estimate of drug-likeness (QED) is 0.436. The fraction of sp³-hybridized carbons (Fsp3) is 0.111. The molecule has 4 rings (SSSR count). The van der Waals surface area contributed by atoms with Crippen molar-refractivity contribution in [3.05, 3.63) is 47.5 Å². The highest BCUT2D eigenvalue weighted by molar-refractivity contribution is 6.09. The highest BCUT2D eigenvalue weighted by Gasteiger charge is 2.25. The average molecular weight is 363 g/mol. The number of aromatic hydroxyl groups is 1. The van der Waals surface area contributed by atoms with Crippen molar-refractivity contribution in [1.29, 1.82) is 0 Å². The summed E-state index contributed by atoms with van der Waals surface area (Å²) >= 11 is 0. The van der Waals surface area contributed by atoms with Crippen LogP contribution in [0.5, 0.6) is 5.75 Å². The molecule has 0 atom stereocenters. The number of rotatable bonds is 3. The average Bonchev–Trinajstić information content (AvgIpc) is 3.25. The first kappa shape index (κ1) is 16.6. The van der Waals surface area contributed by atoms with Crippen LogP contribution in [0.2, 0.25) is 0 Å². The summed E-state index contributed by atoms with van der Waals surface area (Å²) in [7, 11) is 0. The van der Waals surface area contributed by atoms with Crippen molar-refractivity contribution in [3.63, 3.8) is 0 Å². The fourth-order valence-corrected chi connectivity index (χ4v) is 3.23. The van der Waals surface area contributed by atoms with Gasteiger partial charge in [0.1, 0.15) is 28.3 Å². The number of nitrogens with zero attached hydrogens (tertiary/aromatic N) is 4. The number of aryl methyl sites for hydroxylation is 1. The van der Waals surface area contributed by atoms with Crippen molar-refractivity contribution in [1.82, 2.24) is 24.5 Å². The highest BCUT2D eigenvalue weighted by Crippen LogP contribution is 2.35. The Balaban J connectivity index is 2.10. The zero-order valence-corrected chi connectivity index (χ0v) is 14.7. The maximum Gasteiger partial charge on any atom is 0.254 e. The van der Waals surface area contributed by atoms with E-state index in [9.17, 15) is 9.90 Å². The summed E-state index contributed by atoms with van der Waals surface area (Å²) in [5.74, 6) is -0.474. The first-order valence-electron chi connectivity index (χ1n) is 8.15. The minimum atomic E-state index is -0.706. The lowest BCUT2D eigenvalue weighted by Gasteiger charge is -2.15. The number of benzene rings is 1. The Morgan fingerprint density at radius 1 is 1.26 bits per heavy atom. The van der Waals surface area contributed by atoms with Gasteiger partial charge < -0.3 is 21.6 Å². The molecule has 27 heavy (non-hydrogen) atoms. The molecule has 0 unspecified atom stereocenters. The third kappa shape index (κ3) is 2.40. The molecule has 9 nitrogen and oxygen atoms in total. The van der Waals surface area contributed by atoms with Crippen LogP contribution in [0, 0.1) is 13.8 Å². The van der Waals surface area contributed by atoms with Gasteiger partial charge in [-0.25, -0.2) is 15.0 Å². The number of hydrogen-bond acceptors (Lipinski definition) is 6. The topological polar surface area (TPSA) is 149 Å². The Bertz CT molecular complexity index is 1190. The third-order valence-electron chi connectivity index (χ3n) is 4.55. The Morgan fingerprint density at radius 3 is 2.70 bits per heavy atom. The lowest BCUT2D eigenvalue weighted by atomic mass is 10.1. The molecule has 0 fully saturated rings. The largest absolute Gasteiger partial charge is 0.508 e. The first-order chi connectivity index (χ1) is 12.9. The zero-order valence-electron chi connectivity index (χ0n) is 14.7. The predicted octanol–water partition coefficient (Wildman–Crippen LogP) is 1.81. The number of carbonyl (C=O) groups excluding carboxylic acids is 1. The van der Waals surface area contributed by atoms with E-state index in [1.54, 1.807) is 36.0 Å². The second-order valence-electron chi connectivity index (χ2n) is 6.23. The molecule has 0 aliphatic carbocycles. The fourth-order valence-electron chi connectivity index (χ4n) is 3.23. The summed E-state index contributed by atoms with van der Waals surface area (Å²) in [6.45, 7) is 3.64. The maximum absolute atomic E-state index is 12.1. The van der Waals surface area contributed by atoms with E-state index >= 15 is 0 Å². The molecule has 0 saturated heterocycles. The Hall–Kier alpha value is -3.88. The van der Waals surface area contributed by atoms with Crippen LogP contribution in [0.25, 0.3) is 28.2 Å². The smallest absolute Gasteiger partial charge is 0.254 e. The van der Waals surface area contributed by atoms with E-state index in [0.717, 1.165) is 5.56 Å². The van der Waals surface area contributed by atoms with Gasteiger partial charge in [0.2, 0.25) is 0 Å². The van der Waals surface area contributed by atoms with Crippen LogP contribution in [-0.2, 0) is 0 Å². The molecule has 0 aliphatic heterocycles. The SMILES string of the molecule is Cc1ccc(O)c(C)c1-n1c(N)c(C(N)=O)c2nc(-c3cnc[nH]3)cnc21. The van der Waals surface area contributed by atoms with Gasteiger partial charge in [0.25, 0.3) is 5.91 Å². The van der Waals surface area contributed by atoms with Gasteiger partial charge in [-0.2, -0.15) is 0 Å². The summed E-state index contributed by atoms with van der Waals surface area (Å²) in [5.41, 5.74) is 15.9. The van der Waals surface area contributed by atoms with Crippen LogP contribution in [0.4, 0.5) is 5.82 Å². The monoisotopic (exact) mass is 363 g/mol. The Morgan fingerprint density at radius 2 is 2.04 bits per heavy atom. The summed E-state index contributed by atoms with van der Waals surface area (Å²) in [4.78, 5) is 28.0. The Kier molecular flexibility index (Phi) is 3.58. The normalized spacial score (nSPS) is 11.2. The number of anilines is 1. The number of aromatic amines is 1. The number of aromatic nitrogens is 5. The standard InChI is InChI=1S/C18H17N7O2/c1-8-3-4-12(26)9(2)15(8)25-16(19)13(17(20)27)14-18(25)22-6-11(24-14)10-5-21-7-23-10/h3-7,26H,19H2,1-2H3,(H2,20,27)(H,21,23). The van der Waals surface area contributed by atoms with Crippen molar-refractivity contribution >= 4 is 22.9 Å². The van der Waals surface area contributed by atoms with Gasteiger partial charge >= 0.3 is 0 Å². The minimum absolute atomic E-state index is 0.0843. The van der Waals surface area contributed by atoms with Crippen molar-refractivity contribution in [2.24, 2.45) is 5.73 Å². The number of nitrogens with two attached hydrogens (primary N) is 2. The van der Waals surface area contributed by atoms with Gasteiger partial charge in [0.05, 0.1) is 30.1 Å². The van der Waals surface area contributed by atoms with Gasteiger partial charge in [-0.3, -0.25) is 9.36 Å². The minimum Gasteiger partial charge on any atom is -0.508 e. The van der Waals surface area contributed by atoms with Gasteiger partial charge in [0.15, 0.2) is 5.65 Å². The third-order valence-corrected chi connectivity index (χ3v) is 4.55. The molecule has 0 bridgehead atoms. The molecule has 1 aromatic carbocycles. The lowest BCUT2D eigenvalue weighted by Crippen LogP contribution is -2.14. The van der Waals surface area contributed by atoms with Crippen molar-refractivity contribution in [3.8, 4) is 22.8 Å². The van der Waals surface area contributed by atoms with Crippen LogP contribution in [0.3, 0.4) is 0 Å². The second kappa shape index (κ2) is 5.84. The zero-order chi connectivity index (χ0) is 19.3. The number of phenolic OH excluding ortho intramolecular Hbond substituents is 1. The summed E-state index contributed by atoms with van der Waals surface area (Å²) in [6, 6.07) is 3.37. The van der Waals surface area contributed by atoms with E-state index in [4.69, 9.17) is 11.5 Å². The van der Waals surface area contributed by atoms with Crippen molar-refractivity contribution < 1.29 is 9.90 Å². The molecule has 0 saturated carbocycles. The Labute approximate surface area is 153 Å². The second-order valence-corrected chi connectivity index (χ2v) is 6.23. The number of carbonyl (C=O) groups is 1. The predicted molar refractivity (Wildman–Crippen MR) is 101 cm³/mol. The highest BCUT2D eigenvalue weighted by atomic mass is 16.3. The molecular weight excluding hydrogens is 346 g/mol. The number of primary amides is 1. The molecule has 6 N–H and O–H groups in total. The molecule has 9 heteroatoms. The lowest BCUT2D eigenvalue weighted by molar-refractivity contribution is 0.100. The number of imidazole rings is 1. The van der Waals surface area contributed by atoms with E-state index in [1.165, 1.54) is 6.33 Å². The van der Waals surface area contributed by atoms with Crippen LogP contribution < -0.4 is 11.5 Å². The van der Waals surface area contributed by atoms with E-state index in [-0.39, 0.29) is 22.6 Å². The summed E-state index contributed by atoms with van der Waals surface area (Å²) in [5, 5.41) is 10.1. The van der Waals surface area contributed by atoms with Gasteiger partial charge in [-0.15, -0.1) is 0 Å². The molecule has 136 valence electrons. The summed E-state index contributed by atoms with van der Waals surface area (Å²) < 4.78 is 1.60. The molecule has 0 radical (unpaired) electrons. The van der Waals surface area contributed by atoms with Crippen molar-refractivity contribution in [2.75, 3.05) is 5.73 Å². The molecule has 4 aromatic rings. The van der Waals surface area contributed by atoms with E-state index < -0.39 is 5.91 Å². The molecule has 3 aromatic heterocycles. The van der Waals surface area contributed by atoms with Crippen LogP contribution in [0.15, 0.2) is 30.9 Å². The number of fused-ring (bicyclic) bond motifs is 1. The molecule has 1 amide bonds. The molecule has 0 aliphatic rings. The van der Waals surface area contributed by atoms with Crippen molar-refractivity contribution in [2.45, 2.75) is 13.8 Å². The van der Waals surface area contributed by atoms with E-state index in [0.29, 0.717) is 28.3 Å². The van der Waals surface area contributed by atoms with Gasteiger partial charge in [-0.1, -0.05) is 6.07 Å². The van der Waals surface area contributed by atoms with E-state index in [2.05, 4.69) is 19.9 Å². The first-order valence-corrected chi connectivity index (χ1v) is 8.15. The van der Waals surface area contributed by atoms with Gasteiger partial charge in [-0.05, 0) is 25.5 Å². The molecule has 3 heterocycles. The van der Waals surface area contributed by atoms with Gasteiger partial charge in [0, 0.05) is 5.56 Å². The molecular formula is C18H17N7O2. The maximum atomic E-state index is 12.1. The summed E-state index contributed by atoms with van der Waals surface area (Å²) in [6.07, 6.45) is 4.68. The van der Waals surface area contributed by atoms with Crippen LogP contribution >= 0.6 is 0 Å². The van der Waals surface area contributed by atoms with E-state index in [1.807, 2.05) is 6.92 Å². The number of amides is 1. The number of phenols is 1. The number of H-pyrrole nitrogens is 1. The number of nitrogens with one attached hydrogen (secondary N) is 1. The molecule has 0 spiro atoms. The van der Waals surface area contributed by atoms with Crippen LogP contribution in [-0.4, -0.2) is 35.5 Å². The number of hydrogen-bond donors (Lipinski definition) is 4.